The van der Waals surface area contributed by atoms with E-state index in [0.29, 0.717) is 0 Å². The van der Waals surface area contributed by atoms with E-state index in [4.69, 9.17) is 0 Å². The number of hydrogen-bond donors (Lipinski definition) is 0. The highest BCUT2D eigenvalue weighted by Gasteiger charge is 2.10. The molecule has 3 rings (SSSR count). The maximum Gasteiger partial charge on any atom is 0.119 e. The Balaban J connectivity index is 2.37. The van der Waals surface area contributed by atoms with Gasteiger partial charge in [0, 0.05) is 17.8 Å². The van der Waals surface area contributed by atoms with Crippen molar-refractivity contribution >= 4 is 22.2 Å². The van der Waals surface area contributed by atoms with E-state index in [1.165, 1.54) is 0 Å². The largest absolute Gasteiger partial charge is 0.267 e. The second-order valence-corrected chi connectivity index (χ2v) is 4.01. The average Bonchev–Trinajstić information content (AvgIpc) is 2.87. The minimum atomic E-state index is 0.941. The fraction of sp³-hybridized carbons (Fsp3) is 0.0909. The predicted molar refractivity (Wildman–Crippen MR) is 60.7 cm³/mol. The lowest BCUT2D eigenvalue weighted by atomic mass is 10.2. The van der Waals surface area contributed by atoms with Crippen molar-refractivity contribution in [3.05, 3.63) is 35.2 Å². The van der Waals surface area contributed by atoms with Gasteiger partial charge in [0.15, 0.2) is 0 Å². The molecule has 3 nitrogen and oxygen atoms in total. The zero-order valence-corrected chi connectivity index (χ0v) is 8.95. The van der Waals surface area contributed by atoms with Gasteiger partial charge < -0.3 is 0 Å². The zero-order valence-electron chi connectivity index (χ0n) is 8.14. The first-order valence-electron chi connectivity index (χ1n) is 4.57. The summed E-state index contributed by atoms with van der Waals surface area (Å²) in [7, 11) is 1.94. The molecule has 4 heteroatoms. The summed E-state index contributed by atoms with van der Waals surface area (Å²) in [5.41, 5.74) is 4.80. The van der Waals surface area contributed by atoms with Crippen LogP contribution in [0.15, 0.2) is 29.1 Å². The van der Waals surface area contributed by atoms with Crippen molar-refractivity contribution in [1.82, 2.24) is 14.8 Å². The Hall–Kier alpha value is -1.68. The Bertz CT molecular complexity index is 595. The monoisotopic (exact) mass is 214 g/mol. The standard InChI is InChI=1S/C11H8N3S/c1-14-10-5-3-2-4-8(10)11(13-14)9-6-15-7-12-9/h2,4-7H,1H3. The third-order valence-corrected chi connectivity index (χ3v) is 2.96. The van der Waals surface area contributed by atoms with Crippen molar-refractivity contribution in [3.8, 4) is 11.4 Å². The van der Waals surface area contributed by atoms with Crippen LogP contribution in [0.3, 0.4) is 0 Å². The average molecular weight is 214 g/mol. The maximum atomic E-state index is 4.47. The van der Waals surface area contributed by atoms with Crippen LogP contribution in [0.5, 0.6) is 0 Å². The number of aromatic nitrogens is 3. The van der Waals surface area contributed by atoms with Gasteiger partial charge in [0.1, 0.15) is 11.4 Å². The molecule has 0 saturated carbocycles. The molecule has 0 atom stereocenters. The van der Waals surface area contributed by atoms with E-state index < -0.39 is 0 Å². The van der Waals surface area contributed by atoms with Crippen LogP contribution in [0.4, 0.5) is 0 Å². The third-order valence-electron chi connectivity index (χ3n) is 2.37. The second-order valence-electron chi connectivity index (χ2n) is 3.29. The Morgan fingerprint density at radius 3 is 3.20 bits per heavy atom. The lowest BCUT2D eigenvalue weighted by Crippen LogP contribution is -1.89. The van der Waals surface area contributed by atoms with Crippen LogP contribution >= 0.6 is 11.3 Å². The van der Waals surface area contributed by atoms with E-state index in [1.807, 2.05) is 40.8 Å². The van der Waals surface area contributed by atoms with Crippen LogP contribution in [0.2, 0.25) is 0 Å². The molecule has 0 aliphatic carbocycles. The molecule has 0 aliphatic heterocycles. The molecule has 0 bridgehead atoms. The van der Waals surface area contributed by atoms with E-state index in [1.54, 1.807) is 11.3 Å². The normalized spacial score (nSPS) is 11.0. The molecule has 0 spiro atoms. The van der Waals surface area contributed by atoms with Crippen molar-refractivity contribution < 1.29 is 0 Å². The number of nitrogens with zero attached hydrogens (tertiary/aromatic N) is 3. The van der Waals surface area contributed by atoms with Crippen molar-refractivity contribution in [2.24, 2.45) is 7.05 Å². The van der Waals surface area contributed by atoms with Crippen molar-refractivity contribution in [3.63, 3.8) is 0 Å². The van der Waals surface area contributed by atoms with Crippen LogP contribution in [0, 0.1) is 6.07 Å². The summed E-state index contributed by atoms with van der Waals surface area (Å²) >= 11 is 1.58. The first-order valence-corrected chi connectivity index (χ1v) is 5.52. The summed E-state index contributed by atoms with van der Waals surface area (Å²) in [6.45, 7) is 0. The Morgan fingerprint density at radius 1 is 1.47 bits per heavy atom. The van der Waals surface area contributed by atoms with Crippen LogP contribution in [0.1, 0.15) is 0 Å². The Labute approximate surface area is 91.0 Å². The highest BCUT2D eigenvalue weighted by molar-refractivity contribution is 7.07. The van der Waals surface area contributed by atoms with Gasteiger partial charge >= 0.3 is 0 Å². The molecular formula is C11H8N3S. The van der Waals surface area contributed by atoms with E-state index in [-0.39, 0.29) is 0 Å². The van der Waals surface area contributed by atoms with Crippen molar-refractivity contribution in [1.29, 1.82) is 0 Å². The lowest BCUT2D eigenvalue weighted by molar-refractivity contribution is 0.799. The van der Waals surface area contributed by atoms with Gasteiger partial charge in [-0.15, -0.1) is 11.3 Å². The van der Waals surface area contributed by atoms with Crippen molar-refractivity contribution in [2.75, 3.05) is 0 Å². The molecule has 0 saturated heterocycles. The zero-order chi connectivity index (χ0) is 10.3. The second kappa shape index (κ2) is 3.17. The third kappa shape index (κ3) is 1.26. The SMILES string of the molecule is Cn1nc(-c2cscn2)c2cc[c]cc21. The van der Waals surface area contributed by atoms with Gasteiger partial charge in [-0.1, -0.05) is 6.07 Å². The first-order chi connectivity index (χ1) is 7.36. The topological polar surface area (TPSA) is 30.7 Å². The lowest BCUT2D eigenvalue weighted by Gasteiger charge is -1.90. The van der Waals surface area contributed by atoms with E-state index in [2.05, 4.69) is 16.1 Å². The van der Waals surface area contributed by atoms with Gasteiger partial charge in [0.25, 0.3) is 0 Å². The molecule has 0 aliphatic rings. The fourth-order valence-corrected chi connectivity index (χ4v) is 2.20. The van der Waals surface area contributed by atoms with Gasteiger partial charge in [-0.3, -0.25) is 4.68 Å². The number of aryl methyl sites for hydroxylation is 1. The quantitative estimate of drug-likeness (QED) is 0.623. The molecule has 0 fully saturated rings. The van der Waals surface area contributed by atoms with Crippen LogP contribution in [0.25, 0.3) is 22.3 Å². The Morgan fingerprint density at radius 2 is 2.40 bits per heavy atom. The van der Waals surface area contributed by atoms with Crippen molar-refractivity contribution in [2.45, 2.75) is 0 Å². The fourth-order valence-electron chi connectivity index (χ4n) is 1.67. The summed E-state index contributed by atoms with van der Waals surface area (Å²) < 4.78 is 1.86. The molecule has 0 unspecified atom stereocenters. The summed E-state index contributed by atoms with van der Waals surface area (Å²) in [6.07, 6.45) is 0. The molecule has 1 aromatic carbocycles. The summed E-state index contributed by atoms with van der Waals surface area (Å²) in [6, 6.07) is 8.93. The molecular weight excluding hydrogens is 206 g/mol. The summed E-state index contributed by atoms with van der Waals surface area (Å²) in [5, 5.41) is 7.61. The molecule has 0 N–H and O–H groups in total. The molecule has 15 heavy (non-hydrogen) atoms. The summed E-state index contributed by atoms with van der Waals surface area (Å²) in [5.74, 6) is 0. The minimum absolute atomic E-state index is 0.941. The molecule has 0 amide bonds. The first kappa shape index (κ1) is 8.61. The smallest absolute Gasteiger partial charge is 0.119 e. The molecule has 1 radical (unpaired) electrons. The molecule has 2 aromatic heterocycles. The number of hydrogen-bond acceptors (Lipinski definition) is 3. The summed E-state index contributed by atoms with van der Waals surface area (Å²) in [4.78, 5) is 4.28. The van der Waals surface area contributed by atoms with Crippen LogP contribution in [-0.4, -0.2) is 14.8 Å². The molecule has 73 valence electrons. The van der Waals surface area contributed by atoms with Gasteiger partial charge in [0.2, 0.25) is 0 Å². The molecule has 2 heterocycles. The minimum Gasteiger partial charge on any atom is -0.267 e. The van der Waals surface area contributed by atoms with Gasteiger partial charge in [0.05, 0.1) is 11.0 Å². The number of benzene rings is 1. The maximum absolute atomic E-state index is 4.47. The van der Waals surface area contributed by atoms with Gasteiger partial charge in [-0.2, -0.15) is 5.10 Å². The van der Waals surface area contributed by atoms with E-state index >= 15 is 0 Å². The van der Waals surface area contributed by atoms with E-state index in [0.717, 1.165) is 22.3 Å². The molecule has 3 aromatic rings. The van der Waals surface area contributed by atoms with E-state index in [9.17, 15) is 0 Å². The van der Waals surface area contributed by atoms with Gasteiger partial charge in [-0.25, -0.2) is 4.98 Å². The highest BCUT2D eigenvalue weighted by Crippen LogP contribution is 2.26. The van der Waals surface area contributed by atoms with Crippen LogP contribution < -0.4 is 0 Å². The number of rotatable bonds is 1. The van der Waals surface area contributed by atoms with Gasteiger partial charge in [-0.05, 0) is 18.2 Å². The number of thiazole rings is 1. The number of fused-ring (bicyclic) bond motifs is 1. The predicted octanol–water partition coefficient (Wildman–Crippen LogP) is 2.50. The highest BCUT2D eigenvalue weighted by atomic mass is 32.1. The Kier molecular flexibility index (Phi) is 1.82. The van der Waals surface area contributed by atoms with Crippen LogP contribution in [-0.2, 0) is 7.05 Å².